The maximum atomic E-state index is 12.0. The van der Waals surface area contributed by atoms with Crippen LogP contribution in [-0.2, 0) is 11.3 Å². The normalized spacial score (nSPS) is 15.8. The molecule has 2 heterocycles. The van der Waals surface area contributed by atoms with Gasteiger partial charge in [-0.25, -0.2) is 4.98 Å². The molecule has 98 valence electrons. The van der Waals surface area contributed by atoms with Gasteiger partial charge in [-0.05, 0) is 33.1 Å². The maximum absolute atomic E-state index is 12.0. The molecule has 1 saturated heterocycles. The zero-order chi connectivity index (χ0) is 13.1. The fraction of sp³-hybridized carbons (Fsp3) is 0.615. The Hall–Kier alpha value is -1.65. The monoisotopic (exact) mass is 249 g/mol. The van der Waals surface area contributed by atoms with Crippen molar-refractivity contribution in [1.82, 2.24) is 9.55 Å². The van der Waals surface area contributed by atoms with Gasteiger partial charge in [0, 0.05) is 24.8 Å². The van der Waals surface area contributed by atoms with Crippen molar-refractivity contribution in [3.63, 3.8) is 0 Å². The minimum Gasteiger partial charge on any atom is -0.342 e. The molecule has 0 amide bonds. The minimum absolute atomic E-state index is 0.0268. The molecule has 0 radical (unpaired) electrons. The third kappa shape index (κ3) is 2.78. The van der Waals surface area contributed by atoms with E-state index in [1.807, 2.05) is 6.92 Å². The van der Waals surface area contributed by atoms with Gasteiger partial charge in [-0.2, -0.15) is 0 Å². The zero-order valence-corrected chi connectivity index (χ0v) is 11.0. The molecule has 5 heteroatoms. The van der Waals surface area contributed by atoms with E-state index in [0.29, 0.717) is 11.6 Å². The van der Waals surface area contributed by atoms with Crippen LogP contribution in [0.3, 0.4) is 0 Å². The van der Waals surface area contributed by atoms with Crippen LogP contribution in [0, 0.1) is 6.92 Å². The number of hydrogen-bond donors (Lipinski definition) is 0. The highest BCUT2D eigenvalue weighted by Crippen LogP contribution is 2.16. The first-order valence-corrected chi connectivity index (χ1v) is 6.41. The third-order valence-corrected chi connectivity index (χ3v) is 3.14. The lowest BCUT2D eigenvalue weighted by Gasteiger charge is -2.29. The summed E-state index contributed by atoms with van der Waals surface area (Å²) in [6.45, 7) is 5.23. The van der Waals surface area contributed by atoms with Crippen LogP contribution in [0.25, 0.3) is 0 Å². The molecule has 0 unspecified atom stereocenters. The quantitative estimate of drug-likeness (QED) is 0.806. The molecule has 0 aromatic carbocycles. The highest BCUT2D eigenvalue weighted by atomic mass is 16.1. The Kier molecular flexibility index (Phi) is 3.79. The molecule has 0 N–H and O–H groups in total. The first-order chi connectivity index (χ1) is 8.58. The van der Waals surface area contributed by atoms with E-state index in [1.165, 1.54) is 24.0 Å². The molecule has 1 aromatic rings. The van der Waals surface area contributed by atoms with Crippen LogP contribution in [0.5, 0.6) is 0 Å². The number of hydrogen-bond acceptors (Lipinski definition) is 4. The van der Waals surface area contributed by atoms with E-state index in [0.717, 1.165) is 25.9 Å². The van der Waals surface area contributed by atoms with Crippen molar-refractivity contribution in [2.75, 3.05) is 18.0 Å². The molecule has 18 heavy (non-hydrogen) atoms. The minimum atomic E-state index is -0.140. The molecule has 0 spiro atoms. The lowest BCUT2D eigenvalue weighted by molar-refractivity contribution is -0.117. The molecule has 5 nitrogen and oxygen atoms in total. The van der Waals surface area contributed by atoms with Gasteiger partial charge in [0.2, 0.25) is 5.95 Å². The van der Waals surface area contributed by atoms with Crippen LogP contribution in [0.4, 0.5) is 5.95 Å². The van der Waals surface area contributed by atoms with Gasteiger partial charge in [-0.3, -0.25) is 14.2 Å². The molecular formula is C13H19N3O2. The molecule has 0 atom stereocenters. The van der Waals surface area contributed by atoms with E-state index in [-0.39, 0.29) is 17.9 Å². The number of ketones is 1. The van der Waals surface area contributed by atoms with Gasteiger partial charge in [0.25, 0.3) is 5.56 Å². The predicted molar refractivity (Wildman–Crippen MR) is 70.0 cm³/mol. The Morgan fingerprint density at radius 1 is 1.33 bits per heavy atom. The van der Waals surface area contributed by atoms with Crippen molar-refractivity contribution < 1.29 is 4.79 Å². The van der Waals surface area contributed by atoms with Gasteiger partial charge in [0.1, 0.15) is 5.78 Å². The summed E-state index contributed by atoms with van der Waals surface area (Å²) in [5.74, 6) is 0.621. The highest BCUT2D eigenvalue weighted by molar-refractivity contribution is 5.75. The largest absolute Gasteiger partial charge is 0.342 e. The van der Waals surface area contributed by atoms with Crippen molar-refractivity contribution in [2.45, 2.75) is 39.7 Å². The summed E-state index contributed by atoms with van der Waals surface area (Å²) in [4.78, 5) is 29.8. The summed E-state index contributed by atoms with van der Waals surface area (Å²) < 4.78 is 1.49. The summed E-state index contributed by atoms with van der Waals surface area (Å²) in [7, 11) is 0. The molecule has 0 aliphatic carbocycles. The average Bonchev–Trinajstić information content (AvgIpc) is 2.33. The van der Waals surface area contributed by atoms with Crippen molar-refractivity contribution in [3.05, 3.63) is 22.1 Å². The Labute approximate surface area is 106 Å². The lowest BCUT2D eigenvalue weighted by Crippen LogP contribution is -2.37. The number of aryl methyl sites for hydroxylation is 1. The average molecular weight is 249 g/mol. The van der Waals surface area contributed by atoms with Crippen molar-refractivity contribution >= 4 is 11.7 Å². The molecule has 0 bridgehead atoms. The van der Waals surface area contributed by atoms with E-state index in [9.17, 15) is 9.59 Å². The molecule has 1 fully saturated rings. The number of carbonyl (C=O) groups is 1. The maximum Gasteiger partial charge on any atom is 0.255 e. The second kappa shape index (κ2) is 5.33. The second-order valence-corrected chi connectivity index (χ2v) is 4.87. The molecule has 0 saturated carbocycles. The Balaban J connectivity index is 2.42. The summed E-state index contributed by atoms with van der Waals surface area (Å²) in [6.07, 6.45) is 3.45. The lowest BCUT2D eigenvalue weighted by atomic mass is 10.1. The van der Waals surface area contributed by atoms with Crippen LogP contribution in [-0.4, -0.2) is 28.4 Å². The van der Waals surface area contributed by atoms with Crippen molar-refractivity contribution in [3.8, 4) is 0 Å². The topological polar surface area (TPSA) is 55.2 Å². The standard InChI is InChI=1S/C13H19N3O2/c1-10-8-12(18)16(9-11(2)17)13(14-10)15-6-4-3-5-7-15/h8H,3-7,9H2,1-2H3. The van der Waals surface area contributed by atoms with Crippen LogP contribution < -0.4 is 10.5 Å². The van der Waals surface area contributed by atoms with Crippen LogP contribution in [0.2, 0.25) is 0 Å². The summed E-state index contributed by atoms with van der Waals surface area (Å²) in [5, 5.41) is 0. The van der Waals surface area contributed by atoms with Gasteiger partial charge < -0.3 is 4.90 Å². The van der Waals surface area contributed by atoms with Crippen LogP contribution >= 0.6 is 0 Å². The summed E-state index contributed by atoms with van der Waals surface area (Å²) >= 11 is 0. The third-order valence-electron chi connectivity index (χ3n) is 3.14. The Morgan fingerprint density at radius 3 is 2.61 bits per heavy atom. The predicted octanol–water partition coefficient (Wildman–Crippen LogP) is 1.13. The first kappa shape index (κ1) is 12.8. The number of aromatic nitrogens is 2. The summed E-state index contributed by atoms with van der Waals surface area (Å²) in [6, 6.07) is 1.48. The molecule has 1 aliphatic heterocycles. The fourth-order valence-corrected chi connectivity index (χ4v) is 2.31. The van der Waals surface area contributed by atoms with E-state index < -0.39 is 0 Å². The van der Waals surface area contributed by atoms with Crippen molar-refractivity contribution in [1.29, 1.82) is 0 Å². The van der Waals surface area contributed by atoms with Crippen LogP contribution in [0.1, 0.15) is 31.9 Å². The molecular weight excluding hydrogens is 230 g/mol. The molecule has 1 aliphatic rings. The SMILES string of the molecule is CC(=O)Cn1c(N2CCCCC2)nc(C)cc1=O. The number of nitrogens with zero attached hydrogens (tertiary/aromatic N) is 3. The number of Topliss-reactive ketones (excluding diaryl/α,β-unsaturated/α-hetero) is 1. The molecule has 2 rings (SSSR count). The van der Waals surface area contributed by atoms with Crippen LogP contribution in [0.15, 0.2) is 10.9 Å². The van der Waals surface area contributed by atoms with Crippen molar-refractivity contribution in [2.24, 2.45) is 0 Å². The smallest absolute Gasteiger partial charge is 0.255 e. The Bertz CT molecular complexity index is 501. The summed E-state index contributed by atoms with van der Waals surface area (Å²) in [5.41, 5.74) is 0.568. The van der Waals surface area contributed by atoms with E-state index >= 15 is 0 Å². The van der Waals surface area contributed by atoms with Gasteiger partial charge >= 0.3 is 0 Å². The number of rotatable bonds is 3. The number of anilines is 1. The van der Waals surface area contributed by atoms with Gasteiger partial charge in [0.05, 0.1) is 6.54 Å². The van der Waals surface area contributed by atoms with E-state index in [4.69, 9.17) is 0 Å². The number of carbonyl (C=O) groups excluding carboxylic acids is 1. The molecule has 1 aromatic heterocycles. The second-order valence-electron chi connectivity index (χ2n) is 4.87. The number of piperidine rings is 1. The zero-order valence-electron chi connectivity index (χ0n) is 11.0. The fourth-order valence-electron chi connectivity index (χ4n) is 2.31. The first-order valence-electron chi connectivity index (χ1n) is 6.41. The van der Waals surface area contributed by atoms with E-state index in [2.05, 4.69) is 9.88 Å². The Morgan fingerprint density at radius 2 is 2.00 bits per heavy atom. The van der Waals surface area contributed by atoms with Gasteiger partial charge in [0.15, 0.2) is 0 Å². The van der Waals surface area contributed by atoms with Gasteiger partial charge in [-0.15, -0.1) is 0 Å². The highest BCUT2D eigenvalue weighted by Gasteiger charge is 2.17. The van der Waals surface area contributed by atoms with Gasteiger partial charge in [-0.1, -0.05) is 0 Å². The van der Waals surface area contributed by atoms with E-state index in [1.54, 1.807) is 0 Å².